The molecule has 3 rings (SSSR count). The molecule has 0 aromatic rings. The van der Waals surface area contributed by atoms with Crippen LogP contribution in [0.1, 0.15) is 44.9 Å². The van der Waals surface area contributed by atoms with E-state index in [-0.39, 0.29) is 0 Å². The van der Waals surface area contributed by atoms with Gasteiger partial charge in [-0.15, -0.1) is 0 Å². The summed E-state index contributed by atoms with van der Waals surface area (Å²) in [5.41, 5.74) is 5.26. The second kappa shape index (κ2) is 3.98. The fraction of sp³-hybridized carbons (Fsp3) is 0.929. The molecular formula is C14H23NO2. The van der Waals surface area contributed by atoms with Crippen LogP contribution in [0.3, 0.4) is 0 Å². The zero-order valence-corrected chi connectivity index (χ0v) is 10.4. The lowest BCUT2D eigenvalue weighted by Crippen LogP contribution is -2.43. The number of nitrogens with two attached hydrogens (primary N) is 1. The van der Waals surface area contributed by atoms with Gasteiger partial charge < -0.3 is 10.8 Å². The minimum absolute atomic E-state index is 0.334. The highest BCUT2D eigenvalue weighted by Gasteiger charge is 2.53. The number of carboxylic acids is 1. The lowest BCUT2D eigenvalue weighted by atomic mass is 9.71. The quantitative estimate of drug-likeness (QED) is 0.771. The fourth-order valence-electron chi connectivity index (χ4n) is 4.50. The van der Waals surface area contributed by atoms with E-state index < -0.39 is 11.4 Å². The molecule has 3 heteroatoms. The first-order chi connectivity index (χ1) is 8.15. The first-order valence-electron chi connectivity index (χ1n) is 7.09. The van der Waals surface area contributed by atoms with E-state index in [9.17, 15) is 9.90 Å². The maximum Gasteiger partial charge on any atom is 0.311 e. The van der Waals surface area contributed by atoms with Gasteiger partial charge in [0.25, 0.3) is 0 Å². The van der Waals surface area contributed by atoms with Crippen LogP contribution in [0.25, 0.3) is 0 Å². The van der Waals surface area contributed by atoms with Crippen LogP contribution < -0.4 is 5.73 Å². The maximum absolute atomic E-state index is 11.6. The molecule has 17 heavy (non-hydrogen) atoms. The topological polar surface area (TPSA) is 63.3 Å². The summed E-state index contributed by atoms with van der Waals surface area (Å²) >= 11 is 0. The van der Waals surface area contributed by atoms with Gasteiger partial charge in [-0.05, 0) is 62.2 Å². The zero-order chi connectivity index (χ0) is 12.0. The highest BCUT2D eigenvalue weighted by atomic mass is 16.4. The largest absolute Gasteiger partial charge is 0.481 e. The van der Waals surface area contributed by atoms with Crippen LogP contribution in [-0.4, -0.2) is 17.6 Å². The SMILES string of the molecule is NCC(CC1CC2CCC1C2)(C(=O)O)C1CC1. The van der Waals surface area contributed by atoms with Gasteiger partial charge in [0.15, 0.2) is 0 Å². The van der Waals surface area contributed by atoms with Gasteiger partial charge in [-0.1, -0.05) is 6.42 Å². The summed E-state index contributed by atoms with van der Waals surface area (Å²) in [7, 11) is 0. The Balaban J connectivity index is 1.74. The standard InChI is InChI=1S/C14H23NO2/c15-8-14(13(16)17,12-3-4-12)7-11-6-9-1-2-10(11)5-9/h9-12H,1-8,15H2,(H,16,17). The Morgan fingerprint density at radius 2 is 2.00 bits per heavy atom. The number of hydrogen-bond donors (Lipinski definition) is 2. The Bertz CT molecular complexity index is 326. The van der Waals surface area contributed by atoms with Crippen LogP contribution in [0.5, 0.6) is 0 Å². The van der Waals surface area contributed by atoms with Gasteiger partial charge >= 0.3 is 5.97 Å². The van der Waals surface area contributed by atoms with Gasteiger partial charge in [0.05, 0.1) is 5.41 Å². The molecule has 2 bridgehead atoms. The molecule has 3 nitrogen and oxygen atoms in total. The number of aliphatic carboxylic acids is 1. The Morgan fingerprint density at radius 1 is 1.24 bits per heavy atom. The molecule has 4 unspecified atom stereocenters. The van der Waals surface area contributed by atoms with Gasteiger partial charge in [0, 0.05) is 6.54 Å². The van der Waals surface area contributed by atoms with Crippen LogP contribution in [-0.2, 0) is 4.79 Å². The van der Waals surface area contributed by atoms with E-state index in [1.807, 2.05) is 0 Å². The third-order valence-electron chi connectivity index (χ3n) is 5.66. The molecule has 0 aliphatic heterocycles. The summed E-state index contributed by atoms with van der Waals surface area (Å²) in [4.78, 5) is 11.6. The molecule has 0 saturated heterocycles. The highest BCUT2D eigenvalue weighted by Crippen LogP contribution is 2.56. The van der Waals surface area contributed by atoms with E-state index >= 15 is 0 Å². The molecule has 4 atom stereocenters. The van der Waals surface area contributed by atoms with E-state index in [0.29, 0.717) is 18.4 Å². The van der Waals surface area contributed by atoms with Crippen LogP contribution in [0.4, 0.5) is 0 Å². The van der Waals surface area contributed by atoms with E-state index in [0.717, 1.165) is 31.1 Å². The molecule has 3 saturated carbocycles. The molecular weight excluding hydrogens is 214 g/mol. The molecule has 3 aliphatic rings. The van der Waals surface area contributed by atoms with Gasteiger partial charge in [-0.25, -0.2) is 0 Å². The second-order valence-electron chi connectivity index (χ2n) is 6.58. The minimum atomic E-state index is -0.634. The van der Waals surface area contributed by atoms with Crippen molar-refractivity contribution in [2.24, 2.45) is 34.8 Å². The monoisotopic (exact) mass is 237 g/mol. The summed E-state index contributed by atoms with van der Waals surface area (Å²) in [6.07, 6.45) is 8.34. The Hall–Kier alpha value is -0.570. The molecule has 0 aromatic heterocycles. The van der Waals surface area contributed by atoms with Gasteiger partial charge in [0.2, 0.25) is 0 Å². The Labute approximate surface area is 103 Å². The molecule has 0 amide bonds. The van der Waals surface area contributed by atoms with E-state index in [2.05, 4.69) is 0 Å². The minimum Gasteiger partial charge on any atom is -0.481 e. The van der Waals surface area contributed by atoms with Crippen molar-refractivity contribution in [2.45, 2.75) is 44.9 Å². The second-order valence-corrected chi connectivity index (χ2v) is 6.58. The van der Waals surface area contributed by atoms with E-state index in [1.165, 1.54) is 25.7 Å². The van der Waals surface area contributed by atoms with Crippen molar-refractivity contribution in [3.63, 3.8) is 0 Å². The van der Waals surface area contributed by atoms with Crippen molar-refractivity contribution in [2.75, 3.05) is 6.54 Å². The fourth-order valence-corrected chi connectivity index (χ4v) is 4.50. The van der Waals surface area contributed by atoms with E-state index in [1.54, 1.807) is 0 Å². The first-order valence-corrected chi connectivity index (χ1v) is 7.09. The molecule has 3 aliphatic carbocycles. The van der Waals surface area contributed by atoms with Gasteiger partial charge in [0.1, 0.15) is 0 Å². The van der Waals surface area contributed by atoms with Crippen LogP contribution in [0.2, 0.25) is 0 Å². The molecule has 0 aromatic carbocycles. The normalized spacial score (nSPS) is 39.2. The third kappa shape index (κ3) is 1.79. The lowest BCUT2D eigenvalue weighted by molar-refractivity contribution is -0.151. The predicted octanol–water partition coefficient (Wildman–Crippen LogP) is 2.25. The Morgan fingerprint density at radius 3 is 2.41 bits per heavy atom. The van der Waals surface area contributed by atoms with Gasteiger partial charge in [-0.3, -0.25) is 4.79 Å². The number of hydrogen-bond acceptors (Lipinski definition) is 2. The zero-order valence-electron chi connectivity index (χ0n) is 10.4. The molecule has 3 fully saturated rings. The van der Waals surface area contributed by atoms with Crippen LogP contribution >= 0.6 is 0 Å². The summed E-state index contributed by atoms with van der Waals surface area (Å²) in [6, 6.07) is 0. The van der Waals surface area contributed by atoms with Gasteiger partial charge in [-0.2, -0.15) is 0 Å². The molecule has 0 radical (unpaired) electrons. The summed E-state index contributed by atoms with van der Waals surface area (Å²) in [5, 5.41) is 9.58. The Kier molecular flexibility index (Phi) is 2.69. The average molecular weight is 237 g/mol. The van der Waals surface area contributed by atoms with Crippen molar-refractivity contribution in [1.82, 2.24) is 0 Å². The molecule has 0 heterocycles. The summed E-state index contributed by atoms with van der Waals surface area (Å²) in [5.74, 6) is 2.08. The first kappa shape index (κ1) is 11.5. The lowest BCUT2D eigenvalue weighted by Gasteiger charge is -2.34. The van der Waals surface area contributed by atoms with Crippen molar-refractivity contribution in [1.29, 1.82) is 0 Å². The highest BCUT2D eigenvalue weighted by molar-refractivity contribution is 5.76. The van der Waals surface area contributed by atoms with Crippen molar-refractivity contribution in [3.8, 4) is 0 Å². The molecule has 3 N–H and O–H groups in total. The number of carbonyl (C=O) groups is 1. The van der Waals surface area contributed by atoms with Crippen LogP contribution in [0, 0.1) is 29.1 Å². The smallest absolute Gasteiger partial charge is 0.311 e. The summed E-state index contributed by atoms with van der Waals surface area (Å²) < 4.78 is 0. The van der Waals surface area contributed by atoms with Crippen molar-refractivity contribution < 1.29 is 9.90 Å². The van der Waals surface area contributed by atoms with Crippen LogP contribution in [0.15, 0.2) is 0 Å². The van der Waals surface area contributed by atoms with Crippen molar-refractivity contribution in [3.05, 3.63) is 0 Å². The number of rotatable bonds is 5. The number of carboxylic acid groups (broad SMARTS) is 1. The maximum atomic E-state index is 11.6. The molecule has 96 valence electrons. The summed E-state index contributed by atoms with van der Waals surface area (Å²) in [6.45, 7) is 0.334. The predicted molar refractivity (Wildman–Crippen MR) is 65.4 cm³/mol. The molecule has 0 spiro atoms. The number of fused-ring (bicyclic) bond motifs is 2. The third-order valence-corrected chi connectivity index (χ3v) is 5.66. The average Bonchev–Trinajstić information content (AvgIpc) is 2.96. The van der Waals surface area contributed by atoms with Crippen molar-refractivity contribution >= 4 is 5.97 Å². The van der Waals surface area contributed by atoms with E-state index in [4.69, 9.17) is 5.73 Å².